The molecule has 1 aliphatic heterocycles. The summed E-state index contributed by atoms with van der Waals surface area (Å²) in [5.41, 5.74) is 7.87. The van der Waals surface area contributed by atoms with Crippen molar-refractivity contribution in [1.29, 1.82) is 0 Å². The topological polar surface area (TPSA) is 46.3 Å². The summed E-state index contributed by atoms with van der Waals surface area (Å²) in [6.45, 7) is 5.59. The molecule has 1 heterocycles. The summed E-state index contributed by atoms with van der Waals surface area (Å²) in [5, 5.41) is 0. The van der Waals surface area contributed by atoms with Crippen LogP contribution in [0.2, 0.25) is 0 Å². The summed E-state index contributed by atoms with van der Waals surface area (Å²) in [4.78, 5) is 14.3. The molecule has 1 fully saturated rings. The second-order valence-corrected chi connectivity index (χ2v) is 6.02. The average molecular weight is 311 g/mol. The zero-order valence-corrected chi connectivity index (χ0v) is 12.4. The maximum atomic E-state index is 12.5. The molecule has 1 aliphatic rings. The van der Waals surface area contributed by atoms with Gasteiger partial charge in [0.05, 0.1) is 5.56 Å². The van der Waals surface area contributed by atoms with Crippen LogP contribution in [0.15, 0.2) is 22.7 Å². The van der Waals surface area contributed by atoms with Gasteiger partial charge in [0.2, 0.25) is 0 Å². The fourth-order valence-electron chi connectivity index (χ4n) is 2.26. The SMILES string of the molecule is Cc1ccc(Br)c(C(=O)N2CCC(C)C(N)C2)c1. The highest BCUT2D eigenvalue weighted by molar-refractivity contribution is 9.10. The lowest BCUT2D eigenvalue weighted by molar-refractivity contribution is 0.0671. The Morgan fingerprint density at radius 1 is 1.50 bits per heavy atom. The molecule has 0 aromatic heterocycles. The van der Waals surface area contributed by atoms with Crippen molar-refractivity contribution in [2.24, 2.45) is 11.7 Å². The van der Waals surface area contributed by atoms with E-state index in [9.17, 15) is 4.79 Å². The molecule has 0 aliphatic carbocycles. The van der Waals surface area contributed by atoms with E-state index in [4.69, 9.17) is 5.73 Å². The van der Waals surface area contributed by atoms with E-state index in [2.05, 4.69) is 22.9 Å². The van der Waals surface area contributed by atoms with Crippen molar-refractivity contribution < 1.29 is 4.79 Å². The quantitative estimate of drug-likeness (QED) is 0.866. The molecule has 1 saturated heterocycles. The molecule has 1 aromatic carbocycles. The Morgan fingerprint density at radius 2 is 2.22 bits per heavy atom. The number of carbonyl (C=O) groups excluding carboxylic acids is 1. The van der Waals surface area contributed by atoms with Crippen LogP contribution < -0.4 is 5.73 Å². The average Bonchev–Trinajstić information content (AvgIpc) is 2.35. The highest BCUT2D eigenvalue weighted by Crippen LogP contribution is 2.23. The zero-order chi connectivity index (χ0) is 13.3. The van der Waals surface area contributed by atoms with Gasteiger partial charge in [-0.05, 0) is 47.3 Å². The molecule has 2 rings (SSSR count). The number of aryl methyl sites for hydroxylation is 1. The Morgan fingerprint density at radius 3 is 2.89 bits per heavy atom. The van der Waals surface area contributed by atoms with Crippen LogP contribution >= 0.6 is 15.9 Å². The van der Waals surface area contributed by atoms with E-state index in [1.807, 2.05) is 30.0 Å². The van der Waals surface area contributed by atoms with Crippen LogP contribution in [0.4, 0.5) is 0 Å². The first-order valence-corrected chi connectivity index (χ1v) is 7.09. The first kappa shape index (κ1) is 13.6. The van der Waals surface area contributed by atoms with Gasteiger partial charge in [-0.2, -0.15) is 0 Å². The number of benzene rings is 1. The Balaban J connectivity index is 2.19. The normalized spacial score (nSPS) is 24.1. The Hall–Kier alpha value is -0.870. The number of likely N-dealkylation sites (tertiary alicyclic amines) is 1. The molecule has 0 spiro atoms. The molecule has 18 heavy (non-hydrogen) atoms. The Labute approximate surface area is 116 Å². The van der Waals surface area contributed by atoms with E-state index in [1.54, 1.807) is 0 Å². The van der Waals surface area contributed by atoms with Gasteiger partial charge in [0.1, 0.15) is 0 Å². The minimum atomic E-state index is 0.0768. The lowest BCUT2D eigenvalue weighted by atomic mass is 9.94. The maximum Gasteiger partial charge on any atom is 0.255 e. The molecular weight excluding hydrogens is 292 g/mol. The standard InChI is InChI=1S/C14H19BrN2O/c1-9-3-4-12(15)11(7-9)14(18)17-6-5-10(2)13(16)8-17/h3-4,7,10,13H,5-6,8,16H2,1-2H3. The first-order valence-electron chi connectivity index (χ1n) is 6.30. The molecule has 2 N–H and O–H groups in total. The van der Waals surface area contributed by atoms with Crippen LogP contribution in [0.1, 0.15) is 29.3 Å². The van der Waals surface area contributed by atoms with Gasteiger partial charge in [-0.3, -0.25) is 4.79 Å². The van der Waals surface area contributed by atoms with Gasteiger partial charge in [-0.25, -0.2) is 0 Å². The van der Waals surface area contributed by atoms with Crippen molar-refractivity contribution in [3.63, 3.8) is 0 Å². The van der Waals surface area contributed by atoms with E-state index in [-0.39, 0.29) is 11.9 Å². The predicted octanol–water partition coefficient (Wildman–Crippen LogP) is 2.57. The number of amides is 1. The van der Waals surface area contributed by atoms with Crippen LogP contribution in [-0.4, -0.2) is 29.9 Å². The third kappa shape index (κ3) is 2.75. The lowest BCUT2D eigenvalue weighted by Gasteiger charge is -2.35. The maximum absolute atomic E-state index is 12.5. The molecule has 0 saturated carbocycles. The van der Waals surface area contributed by atoms with Gasteiger partial charge in [-0.1, -0.05) is 18.6 Å². The van der Waals surface area contributed by atoms with Gasteiger partial charge in [0, 0.05) is 23.6 Å². The van der Waals surface area contributed by atoms with Gasteiger partial charge in [0.25, 0.3) is 5.91 Å². The van der Waals surface area contributed by atoms with E-state index < -0.39 is 0 Å². The van der Waals surface area contributed by atoms with Crippen molar-refractivity contribution in [3.05, 3.63) is 33.8 Å². The van der Waals surface area contributed by atoms with E-state index in [0.29, 0.717) is 12.5 Å². The second-order valence-electron chi connectivity index (χ2n) is 5.16. The number of carbonyl (C=O) groups is 1. The third-order valence-corrected chi connectivity index (χ3v) is 4.35. The van der Waals surface area contributed by atoms with E-state index in [0.717, 1.165) is 28.6 Å². The fourth-order valence-corrected chi connectivity index (χ4v) is 2.67. The third-order valence-electron chi connectivity index (χ3n) is 3.66. The van der Waals surface area contributed by atoms with E-state index >= 15 is 0 Å². The molecule has 1 aromatic rings. The van der Waals surface area contributed by atoms with Crippen molar-refractivity contribution in [2.45, 2.75) is 26.3 Å². The summed E-state index contributed by atoms with van der Waals surface area (Å²) >= 11 is 3.45. The number of hydrogen-bond acceptors (Lipinski definition) is 2. The Kier molecular flexibility index (Phi) is 4.07. The van der Waals surface area contributed by atoms with Crippen LogP contribution in [-0.2, 0) is 0 Å². The molecule has 1 amide bonds. The van der Waals surface area contributed by atoms with Gasteiger partial charge in [0.15, 0.2) is 0 Å². The minimum absolute atomic E-state index is 0.0768. The fraction of sp³-hybridized carbons (Fsp3) is 0.500. The number of piperidine rings is 1. The smallest absolute Gasteiger partial charge is 0.255 e. The summed E-state index contributed by atoms with van der Waals surface area (Å²) in [6.07, 6.45) is 0.982. The van der Waals surface area contributed by atoms with Crippen molar-refractivity contribution >= 4 is 21.8 Å². The summed E-state index contributed by atoms with van der Waals surface area (Å²) in [5.74, 6) is 0.572. The molecule has 2 unspecified atom stereocenters. The molecule has 0 radical (unpaired) electrons. The highest BCUT2D eigenvalue weighted by Gasteiger charge is 2.27. The zero-order valence-electron chi connectivity index (χ0n) is 10.8. The van der Waals surface area contributed by atoms with Crippen LogP contribution in [0, 0.1) is 12.8 Å². The van der Waals surface area contributed by atoms with Gasteiger partial charge < -0.3 is 10.6 Å². The highest BCUT2D eigenvalue weighted by atomic mass is 79.9. The van der Waals surface area contributed by atoms with Crippen LogP contribution in [0.3, 0.4) is 0 Å². The van der Waals surface area contributed by atoms with Crippen molar-refractivity contribution in [3.8, 4) is 0 Å². The van der Waals surface area contributed by atoms with Crippen LogP contribution in [0.25, 0.3) is 0 Å². The number of hydrogen-bond donors (Lipinski definition) is 1. The number of nitrogens with zero attached hydrogens (tertiary/aromatic N) is 1. The molecule has 98 valence electrons. The van der Waals surface area contributed by atoms with Gasteiger partial charge >= 0.3 is 0 Å². The van der Waals surface area contributed by atoms with Gasteiger partial charge in [-0.15, -0.1) is 0 Å². The predicted molar refractivity (Wildman–Crippen MR) is 76.5 cm³/mol. The largest absolute Gasteiger partial charge is 0.337 e. The Bertz CT molecular complexity index is 461. The van der Waals surface area contributed by atoms with Crippen LogP contribution in [0.5, 0.6) is 0 Å². The van der Waals surface area contributed by atoms with E-state index in [1.165, 1.54) is 0 Å². The van der Waals surface area contributed by atoms with Crippen molar-refractivity contribution in [2.75, 3.05) is 13.1 Å². The lowest BCUT2D eigenvalue weighted by Crippen LogP contribution is -2.49. The molecule has 2 atom stereocenters. The molecule has 0 bridgehead atoms. The molecular formula is C14H19BrN2O. The molecule has 3 nitrogen and oxygen atoms in total. The van der Waals surface area contributed by atoms with Crippen molar-refractivity contribution in [1.82, 2.24) is 4.90 Å². The minimum Gasteiger partial charge on any atom is -0.337 e. The molecule has 4 heteroatoms. The second kappa shape index (κ2) is 5.41. The number of rotatable bonds is 1. The summed E-state index contributed by atoms with van der Waals surface area (Å²) in [7, 11) is 0. The summed E-state index contributed by atoms with van der Waals surface area (Å²) in [6, 6.07) is 5.93. The monoisotopic (exact) mass is 310 g/mol. The number of nitrogens with two attached hydrogens (primary N) is 1. The summed E-state index contributed by atoms with van der Waals surface area (Å²) < 4.78 is 0.852. The first-order chi connectivity index (χ1) is 8.49. The number of halogens is 1.